The van der Waals surface area contributed by atoms with E-state index >= 15 is 0 Å². The number of ether oxygens (including phenoxy) is 2. The minimum absolute atomic E-state index is 0.0293. The molecule has 0 fully saturated rings. The van der Waals surface area contributed by atoms with Crippen LogP contribution in [0.1, 0.15) is 25.0 Å². The first-order chi connectivity index (χ1) is 11.9. The second kappa shape index (κ2) is 10.3. The van der Waals surface area contributed by atoms with E-state index in [0.29, 0.717) is 13.2 Å². The van der Waals surface area contributed by atoms with Gasteiger partial charge in [0, 0.05) is 26.3 Å². The van der Waals surface area contributed by atoms with Crippen molar-refractivity contribution < 1.29 is 17.9 Å². The van der Waals surface area contributed by atoms with Crippen molar-refractivity contribution in [3.63, 3.8) is 0 Å². The molecule has 1 aromatic rings. The van der Waals surface area contributed by atoms with Gasteiger partial charge in [-0.1, -0.05) is 11.6 Å². The predicted octanol–water partition coefficient (Wildman–Crippen LogP) is 2.15. The Bertz CT molecular complexity index is 759. The molecule has 0 spiro atoms. The fourth-order valence-corrected chi connectivity index (χ4v) is 3.98. The second-order valence-corrected chi connectivity index (χ2v) is 7.16. The molecule has 0 saturated heterocycles. The quantitative estimate of drug-likeness (QED) is 0.571. The first kappa shape index (κ1) is 21.4. The van der Waals surface area contributed by atoms with Crippen LogP contribution in [0.5, 0.6) is 0 Å². The van der Waals surface area contributed by atoms with Crippen molar-refractivity contribution in [2.75, 3.05) is 39.5 Å². The highest BCUT2D eigenvalue weighted by molar-refractivity contribution is 7.89. The van der Waals surface area contributed by atoms with E-state index in [9.17, 15) is 8.42 Å². The zero-order valence-corrected chi connectivity index (χ0v) is 15.7. The molecule has 7 nitrogen and oxygen atoms in total. The zero-order chi connectivity index (χ0) is 18.9. The molecule has 0 bridgehead atoms. The Morgan fingerprint density at radius 3 is 1.96 bits per heavy atom. The molecule has 0 aliphatic rings. The van der Waals surface area contributed by atoms with Crippen molar-refractivity contribution >= 4 is 21.6 Å². The largest absolute Gasteiger partial charge is 0.380 e. The van der Waals surface area contributed by atoms with E-state index in [0.717, 1.165) is 6.07 Å². The van der Waals surface area contributed by atoms with Gasteiger partial charge in [-0.25, -0.2) is 8.42 Å². The van der Waals surface area contributed by atoms with Gasteiger partial charge in [-0.3, -0.25) is 0 Å². The summed E-state index contributed by atoms with van der Waals surface area (Å²) in [5.74, 6) is 0. The fraction of sp³-hybridized carbons (Fsp3) is 0.500. The van der Waals surface area contributed by atoms with E-state index in [2.05, 4.69) is 0 Å². The summed E-state index contributed by atoms with van der Waals surface area (Å²) in [6, 6.07) is 5.96. The van der Waals surface area contributed by atoms with Crippen LogP contribution in [-0.4, -0.2) is 52.2 Å². The molecule has 0 radical (unpaired) electrons. The third-order valence-corrected chi connectivity index (χ3v) is 5.67. The number of sulfonamides is 1. The number of rotatable bonds is 10. The molecule has 1 rings (SSSR count). The molecule has 0 unspecified atom stereocenters. The molecular weight excluding hydrogens is 366 g/mol. The molecule has 9 heteroatoms. The molecule has 136 valence electrons. The molecule has 25 heavy (non-hydrogen) atoms. The minimum atomic E-state index is -3.97. The van der Waals surface area contributed by atoms with E-state index in [1.54, 1.807) is 0 Å². The number of hydrogen-bond donors (Lipinski definition) is 0. The number of nitrogens with zero attached hydrogens (tertiary/aromatic N) is 3. The maximum atomic E-state index is 12.9. The Kier molecular flexibility index (Phi) is 8.84. The SMILES string of the molecule is CCOCCN(CCOCC)S(=O)(=O)c1cc(C#N)c(C#N)cc1Cl. The molecule has 0 aliphatic heterocycles. The smallest absolute Gasteiger partial charge is 0.244 e. The van der Waals surface area contributed by atoms with Crippen molar-refractivity contribution in [1.82, 2.24) is 4.31 Å². The van der Waals surface area contributed by atoms with Crippen molar-refractivity contribution in [2.45, 2.75) is 18.7 Å². The van der Waals surface area contributed by atoms with Gasteiger partial charge in [0.1, 0.15) is 17.0 Å². The molecule has 0 heterocycles. The van der Waals surface area contributed by atoms with Gasteiger partial charge >= 0.3 is 0 Å². The fourth-order valence-electron chi connectivity index (χ4n) is 2.05. The van der Waals surface area contributed by atoms with E-state index in [4.69, 9.17) is 31.6 Å². The minimum Gasteiger partial charge on any atom is -0.380 e. The van der Waals surface area contributed by atoms with Gasteiger partial charge in [-0.15, -0.1) is 0 Å². The highest BCUT2D eigenvalue weighted by atomic mass is 35.5. The lowest BCUT2D eigenvalue weighted by molar-refractivity contribution is 0.110. The molecule has 0 amide bonds. The Balaban J connectivity index is 3.23. The van der Waals surface area contributed by atoms with Crippen LogP contribution in [0.3, 0.4) is 0 Å². The van der Waals surface area contributed by atoms with Gasteiger partial charge in [-0.05, 0) is 26.0 Å². The second-order valence-electron chi connectivity index (χ2n) is 4.85. The van der Waals surface area contributed by atoms with Crippen LogP contribution in [0.25, 0.3) is 0 Å². The molecule has 0 N–H and O–H groups in total. The highest BCUT2D eigenvalue weighted by Gasteiger charge is 2.28. The highest BCUT2D eigenvalue weighted by Crippen LogP contribution is 2.28. The van der Waals surface area contributed by atoms with E-state index in [-0.39, 0.29) is 47.3 Å². The van der Waals surface area contributed by atoms with Crippen LogP contribution in [0.4, 0.5) is 0 Å². The standard InChI is InChI=1S/C16H20ClN3O4S/c1-3-23-7-5-20(6-8-24-4-2)25(21,22)16-10-14(12-19)13(11-18)9-15(16)17/h9-10H,3-8H2,1-2H3. The van der Waals surface area contributed by atoms with Crippen molar-refractivity contribution in [3.8, 4) is 12.1 Å². The Hall–Kier alpha value is -1.68. The maximum absolute atomic E-state index is 12.9. The third kappa shape index (κ3) is 5.67. The third-order valence-electron chi connectivity index (χ3n) is 3.31. The van der Waals surface area contributed by atoms with Gasteiger partial charge in [0.15, 0.2) is 0 Å². The average Bonchev–Trinajstić information content (AvgIpc) is 2.60. The van der Waals surface area contributed by atoms with E-state index in [1.807, 2.05) is 26.0 Å². The number of hydrogen-bond acceptors (Lipinski definition) is 6. The molecule has 0 aromatic heterocycles. The number of halogens is 1. The summed E-state index contributed by atoms with van der Waals surface area (Å²) in [4.78, 5) is -0.210. The van der Waals surface area contributed by atoms with Gasteiger partial charge < -0.3 is 9.47 Å². The van der Waals surface area contributed by atoms with Crippen LogP contribution in [0.15, 0.2) is 17.0 Å². The molecular formula is C16H20ClN3O4S. The lowest BCUT2D eigenvalue weighted by Gasteiger charge is -2.22. The van der Waals surface area contributed by atoms with Gasteiger partial charge in [0.25, 0.3) is 0 Å². The van der Waals surface area contributed by atoms with Crippen molar-refractivity contribution in [3.05, 3.63) is 28.3 Å². The van der Waals surface area contributed by atoms with E-state index in [1.165, 1.54) is 10.4 Å². The topological polar surface area (TPSA) is 103 Å². The summed E-state index contributed by atoms with van der Waals surface area (Å²) in [6.45, 7) is 5.27. The summed E-state index contributed by atoms with van der Waals surface area (Å²) in [5, 5.41) is 18.0. The Labute approximate surface area is 153 Å². The first-order valence-corrected chi connectivity index (χ1v) is 9.53. The summed E-state index contributed by atoms with van der Waals surface area (Å²) in [7, 11) is -3.97. The lowest BCUT2D eigenvalue weighted by Crippen LogP contribution is -2.37. The van der Waals surface area contributed by atoms with Gasteiger partial charge in [0.2, 0.25) is 10.0 Å². The zero-order valence-electron chi connectivity index (χ0n) is 14.2. The van der Waals surface area contributed by atoms with Crippen LogP contribution < -0.4 is 0 Å². The monoisotopic (exact) mass is 385 g/mol. The van der Waals surface area contributed by atoms with Gasteiger partial charge in [0.05, 0.1) is 29.4 Å². The Morgan fingerprint density at radius 2 is 1.52 bits per heavy atom. The molecule has 0 saturated carbocycles. The predicted molar refractivity (Wildman–Crippen MR) is 92.6 cm³/mol. The van der Waals surface area contributed by atoms with E-state index < -0.39 is 10.0 Å². The summed E-state index contributed by atoms with van der Waals surface area (Å²) < 4.78 is 37.6. The van der Waals surface area contributed by atoms with Crippen molar-refractivity contribution in [1.29, 1.82) is 10.5 Å². The van der Waals surface area contributed by atoms with Crippen LogP contribution >= 0.6 is 11.6 Å². The summed E-state index contributed by atoms with van der Waals surface area (Å²) >= 11 is 6.06. The molecule has 0 atom stereocenters. The van der Waals surface area contributed by atoms with Crippen LogP contribution in [0.2, 0.25) is 5.02 Å². The lowest BCUT2D eigenvalue weighted by atomic mass is 10.1. The van der Waals surface area contributed by atoms with Gasteiger partial charge in [-0.2, -0.15) is 14.8 Å². The molecule has 0 aliphatic carbocycles. The summed E-state index contributed by atoms with van der Waals surface area (Å²) in [6.07, 6.45) is 0. The molecule has 1 aromatic carbocycles. The average molecular weight is 386 g/mol. The number of nitriles is 2. The maximum Gasteiger partial charge on any atom is 0.244 e. The number of benzene rings is 1. The normalized spacial score (nSPS) is 11.3. The van der Waals surface area contributed by atoms with Crippen LogP contribution in [-0.2, 0) is 19.5 Å². The summed E-state index contributed by atoms with van der Waals surface area (Å²) in [5.41, 5.74) is -0.0123. The van der Waals surface area contributed by atoms with Crippen LogP contribution in [0, 0.1) is 22.7 Å². The first-order valence-electron chi connectivity index (χ1n) is 7.71. The van der Waals surface area contributed by atoms with Crippen molar-refractivity contribution in [2.24, 2.45) is 0 Å². The Morgan fingerprint density at radius 1 is 1.04 bits per heavy atom.